The Kier molecular flexibility index (Phi) is 4.96. The van der Waals surface area contributed by atoms with Gasteiger partial charge in [-0.1, -0.05) is 11.2 Å². The minimum absolute atomic E-state index is 0.130. The van der Waals surface area contributed by atoms with Gasteiger partial charge >= 0.3 is 5.76 Å². The number of halogens is 1. The van der Waals surface area contributed by atoms with Crippen molar-refractivity contribution in [3.05, 3.63) is 28.3 Å². The molecule has 18 heavy (non-hydrogen) atoms. The van der Waals surface area contributed by atoms with Gasteiger partial charge in [0.2, 0.25) is 0 Å². The minimum Gasteiger partial charge on any atom is -0.322 e. The number of hydrogen-bond donors (Lipinski definition) is 1. The van der Waals surface area contributed by atoms with E-state index in [0.717, 1.165) is 4.57 Å². The van der Waals surface area contributed by atoms with Crippen LogP contribution in [0.1, 0.15) is 25.6 Å². The van der Waals surface area contributed by atoms with Crippen molar-refractivity contribution in [2.45, 2.75) is 39.3 Å². The van der Waals surface area contributed by atoms with Crippen molar-refractivity contribution in [3.8, 4) is 0 Å². The van der Waals surface area contributed by atoms with E-state index in [9.17, 15) is 14.0 Å². The number of nitrogens with two attached hydrogens (primary N) is 1. The van der Waals surface area contributed by atoms with Gasteiger partial charge in [0.25, 0.3) is 0 Å². The van der Waals surface area contributed by atoms with E-state index in [1.807, 2.05) is 0 Å². The highest BCUT2D eigenvalue weighted by Gasteiger charge is 2.09. The van der Waals surface area contributed by atoms with E-state index in [4.69, 9.17) is 5.73 Å². The number of aryl methyl sites for hydroxylation is 1. The van der Waals surface area contributed by atoms with E-state index in [-0.39, 0.29) is 12.3 Å². The van der Waals surface area contributed by atoms with Crippen LogP contribution in [-0.4, -0.2) is 21.5 Å². The maximum absolute atomic E-state index is 13.5. The van der Waals surface area contributed by atoms with E-state index in [0.29, 0.717) is 18.7 Å². The highest BCUT2D eigenvalue weighted by Crippen LogP contribution is 2.06. The van der Waals surface area contributed by atoms with Crippen molar-refractivity contribution in [1.29, 1.82) is 0 Å². The Hall–Kier alpha value is -1.76. The summed E-state index contributed by atoms with van der Waals surface area (Å²) in [5, 5.41) is 3.42. The molecule has 0 fully saturated rings. The third kappa shape index (κ3) is 3.92. The Balaban J connectivity index is 2.53. The Morgan fingerprint density at radius 3 is 2.83 bits per heavy atom. The van der Waals surface area contributed by atoms with Crippen LogP contribution in [-0.2, 0) is 11.3 Å². The van der Waals surface area contributed by atoms with Gasteiger partial charge in [-0.15, -0.1) is 0 Å². The molecule has 0 radical (unpaired) electrons. The number of aromatic nitrogens is 2. The molecule has 100 valence electrons. The summed E-state index contributed by atoms with van der Waals surface area (Å²) in [5.74, 6) is -1.01. The molecule has 1 rings (SSSR count). The second kappa shape index (κ2) is 6.25. The van der Waals surface area contributed by atoms with E-state index in [1.54, 1.807) is 6.92 Å². The number of hydrogen-bond acceptors (Lipinski definition) is 5. The van der Waals surface area contributed by atoms with Gasteiger partial charge in [0.15, 0.2) is 5.82 Å². The standard InChI is InChI=1S/C11H16FN3O3/c1-7(16)10(13)5-3-4-9(12)6-15-8(2)14-18-11(15)17/h4,10H,3,5-6,13H2,1-2H3/b9-4+. The van der Waals surface area contributed by atoms with E-state index in [1.165, 1.54) is 13.0 Å². The summed E-state index contributed by atoms with van der Waals surface area (Å²) in [6.07, 6.45) is 2.02. The molecule has 1 aromatic heterocycles. The van der Waals surface area contributed by atoms with Crippen LogP contribution in [0.5, 0.6) is 0 Å². The quantitative estimate of drug-likeness (QED) is 0.809. The van der Waals surface area contributed by atoms with Crippen LogP contribution in [0, 0.1) is 6.92 Å². The largest absolute Gasteiger partial charge is 0.441 e. The monoisotopic (exact) mass is 257 g/mol. The number of rotatable bonds is 6. The lowest BCUT2D eigenvalue weighted by Crippen LogP contribution is -2.27. The Bertz CT molecular complexity index is 504. The van der Waals surface area contributed by atoms with Crippen molar-refractivity contribution >= 4 is 5.78 Å². The molecule has 0 aromatic carbocycles. The van der Waals surface area contributed by atoms with Gasteiger partial charge in [0.05, 0.1) is 12.6 Å². The van der Waals surface area contributed by atoms with Crippen LogP contribution in [0.15, 0.2) is 21.2 Å². The molecular weight excluding hydrogens is 241 g/mol. The molecule has 1 atom stereocenters. The summed E-state index contributed by atoms with van der Waals surface area (Å²) < 4.78 is 18.9. The lowest BCUT2D eigenvalue weighted by molar-refractivity contribution is -0.118. The fourth-order valence-electron chi connectivity index (χ4n) is 1.35. The first kappa shape index (κ1) is 14.3. The van der Waals surface area contributed by atoms with E-state index < -0.39 is 17.6 Å². The van der Waals surface area contributed by atoms with Gasteiger partial charge in [-0.25, -0.2) is 9.18 Å². The zero-order valence-electron chi connectivity index (χ0n) is 10.4. The summed E-state index contributed by atoms with van der Waals surface area (Å²) in [5.41, 5.74) is 5.51. The summed E-state index contributed by atoms with van der Waals surface area (Å²) >= 11 is 0. The SMILES string of the molecule is CC(=O)C(N)CC/C=C(/F)Cn1c(C)noc1=O. The van der Waals surface area contributed by atoms with Crippen molar-refractivity contribution < 1.29 is 13.7 Å². The Morgan fingerprint density at radius 2 is 2.33 bits per heavy atom. The first-order valence-corrected chi connectivity index (χ1v) is 5.55. The average Bonchev–Trinajstić information content (AvgIpc) is 2.60. The van der Waals surface area contributed by atoms with E-state index in [2.05, 4.69) is 9.68 Å². The molecule has 0 saturated carbocycles. The predicted molar refractivity (Wildman–Crippen MR) is 62.6 cm³/mol. The molecule has 0 amide bonds. The molecule has 1 heterocycles. The molecule has 0 aliphatic carbocycles. The Morgan fingerprint density at radius 1 is 1.67 bits per heavy atom. The number of Topliss-reactive ketones (excluding diaryl/α,β-unsaturated/α-hetero) is 1. The van der Waals surface area contributed by atoms with Crippen molar-refractivity contribution in [2.24, 2.45) is 5.73 Å². The lowest BCUT2D eigenvalue weighted by Gasteiger charge is -2.04. The fourth-order valence-corrected chi connectivity index (χ4v) is 1.35. The molecule has 0 saturated heterocycles. The molecule has 0 aliphatic heterocycles. The number of nitrogens with zero attached hydrogens (tertiary/aromatic N) is 2. The maximum Gasteiger partial charge on any atom is 0.441 e. The summed E-state index contributed by atoms with van der Waals surface area (Å²) in [6.45, 7) is 2.72. The molecule has 0 bridgehead atoms. The molecule has 1 unspecified atom stereocenters. The first-order chi connectivity index (χ1) is 8.41. The van der Waals surface area contributed by atoms with E-state index >= 15 is 0 Å². The first-order valence-electron chi connectivity index (χ1n) is 5.55. The normalized spacial score (nSPS) is 13.7. The smallest absolute Gasteiger partial charge is 0.322 e. The van der Waals surface area contributed by atoms with Gasteiger partial charge in [-0.2, -0.15) is 0 Å². The highest BCUT2D eigenvalue weighted by molar-refractivity contribution is 5.81. The van der Waals surface area contributed by atoms with Crippen molar-refractivity contribution in [2.75, 3.05) is 0 Å². The van der Waals surface area contributed by atoms with Crippen molar-refractivity contribution in [1.82, 2.24) is 9.72 Å². The van der Waals surface area contributed by atoms with Crippen LogP contribution in [0.2, 0.25) is 0 Å². The van der Waals surface area contributed by atoms with Gasteiger partial charge in [-0.3, -0.25) is 13.9 Å². The molecule has 0 aliphatic rings. The zero-order valence-corrected chi connectivity index (χ0v) is 10.4. The molecule has 6 nitrogen and oxygen atoms in total. The fraction of sp³-hybridized carbons (Fsp3) is 0.545. The van der Waals surface area contributed by atoms with Gasteiger partial charge < -0.3 is 5.73 Å². The minimum atomic E-state index is -0.698. The van der Waals surface area contributed by atoms with Gasteiger partial charge in [0.1, 0.15) is 11.6 Å². The maximum atomic E-state index is 13.5. The van der Waals surface area contributed by atoms with Crippen molar-refractivity contribution in [3.63, 3.8) is 0 Å². The molecule has 0 spiro atoms. The number of allylic oxidation sites excluding steroid dienone is 2. The third-order valence-electron chi connectivity index (χ3n) is 2.54. The number of carbonyl (C=O) groups excluding carboxylic acids is 1. The number of ketones is 1. The van der Waals surface area contributed by atoms with Crippen LogP contribution in [0.3, 0.4) is 0 Å². The second-order valence-electron chi connectivity index (χ2n) is 4.03. The van der Waals surface area contributed by atoms with Gasteiger partial charge in [-0.05, 0) is 26.7 Å². The zero-order chi connectivity index (χ0) is 13.7. The Labute approximate surface area is 103 Å². The number of carbonyl (C=O) groups is 1. The average molecular weight is 257 g/mol. The summed E-state index contributed by atoms with van der Waals surface area (Å²) in [6, 6.07) is -0.575. The van der Waals surface area contributed by atoms with Gasteiger partial charge in [0, 0.05) is 0 Å². The molecule has 1 aromatic rings. The molecule has 7 heteroatoms. The highest BCUT2D eigenvalue weighted by atomic mass is 19.1. The summed E-state index contributed by atoms with van der Waals surface area (Å²) in [4.78, 5) is 22.0. The lowest BCUT2D eigenvalue weighted by atomic mass is 10.1. The topological polar surface area (TPSA) is 91.1 Å². The van der Waals surface area contributed by atoms with Crippen LogP contribution >= 0.6 is 0 Å². The predicted octanol–water partition coefficient (Wildman–Crippen LogP) is 0.695. The van der Waals surface area contributed by atoms with Crippen LogP contribution < -0.4 is 11.5 Å². The van der Waals surface area contributed by atoms with Crippen LogP contribution in [0.4, 0.5) is 4.39 Å². The third-order valence-corrected chi connectivity index (χ3v) is 2.54. The summed E-state index contributed by atoms with van der Waals surface area (Å²) in [7, 11) is 0. The molecule has 2 N–H and O–H groups in total. The second-order valence-corrected chi connectivity index (χ2v) is 4.03. The van der Waals surface area contributed by atoms with Crippen LogP contribution in [0.25, 0.3) is 0 Å². The molecular formula is C11H16FN3O3.